The van der Waals surface area contributed by atoms with Gasteiger partial charge in [0.15, 0.2) is 5.75 Å². The van der Waals surface area contributed by atoms with Gasteiger partial charge in [-0.3, -0.25) is 4.79 Å². The molecule has 1 amide bonds. The highest BCUT2D eigenvalue weighted by atomic mass is 35.5. The summed E-state index contributed by atoms with van der Waals surface area (Å²) in [7, 11) is 0. The largest absolute Gasteiger partial charge is 0.454 e. The Morgan fingerprint density at radius 3 is 2.37 bits per heavy atom. The van der Waals surface area contributed by atoms with Crippen LogP contribution in [0.4, 0.5) is 5.69 Å². The minimum atomic E-state index is -0.589. The Balaban J connectivity index is 2.42. The number of ether oxygens (including phenoxy) is 1. The van der Waals surface area contributed by atoms with Crippen molar-refractivity contribution in [1.82, 2.24) is 0 Å². The third kappa shape index (κ3) is 2.92. The summed E-state index contributed by atoms with van der Waals surface area (Å²) in [5, 5.41) is 0.636. The molecule has 19 heavy (non-hydrogen) atoms. The number of halogens is 2. The van der Waals surface area contributed by atoms with E-state index in [-0.39, 0.29) is 5.56 Å². The standard InChI is InChI=1S/C13H10Cl2N2O2/c14-8-5-10(16)12(6-9(8)15)19-11-4-2-1-3-7(11)13(17)18/h1-6H,16H2,(H2,17,18). The zero-order chi connectivity index (χ0) is 14.0. The number of carbonyl (C=O) groups is 1. The maximum absolute atomic E-state index is 11.3. The molecule has 0 saturated carbocycles. The first-order chi connectivity index (χ1) is 8.99. The van der Waals surface area contributed by atoms with Crippen molar-refractivity contribution in [2.24, 2.45) is 5.73 Å². The van der Waals surface area contributed by atoms with Gasteiger partial charge in [-0.25, -0.2) is 0 Å². The molecular formula is C13H10Cl2N2O2. The molecule has 98 valence electrons. The molecule has 0 aliphatic heterocycles. The highest BCUT2D eigenvalue weighted by Crippen LogP contribution is 2.35. The molecule has 2 aromatic rings. The monoisotopic (exact) mass is 296 g/mol. The summed E-state index contributed by atoms with van der Waals surface area (Å²) in [5.74, 6) is 0.0254. The Morgan fingerprint density at radius 2 is 1.68 bits per heavy atom. The van der Waals surface area contributed by atoms with Gasteiger partial charge in [-0.1, -0.05) is 35.3 Å². The first kappa shape index (κ1) is 13.5. The Kier molecular flexibility index (Phi) is 3.83. The van der Waals surface area contributed by atoms with Gasteiger partial charge in [0.25, 0.3) is 5.91 Å². The molecule has 0 fully saturated rings. The second-order valence-corrected chi connectivity index (χ2v) is 4.58. The van der Waals surface area contributed by atoms with Crippen LogP contribution in [0, 0.1) is 0 Å². The van der Waals surface area contributed by atoms with Crippen molar-refractivity contribution in [2.75, 3.05) is 5.73 Å². The summed E-state index contributed by atoms with van der Waals surface area (Å²) in [5.41, 5.74) is 11.6. The molecule has 2 rings (SSSR count). The highest BCUT2D eigenvalue weighted by molar-refractivity contribution is 6.42. The topological polar surface area (TPSA) is 78.3 Å². The van der Waals surface area contributed by atoms with Gasteiger partial charge in [0, 0.05) is 6.07 Å². The molecule has 0 unspecified atom stereocenters. The van der Waals surface area contributed by atoms with E-state index in [2.05, 4.69) is 0 Å². The van der Waals surface area contributed by atoms with Crippen molar-refractivity contribution in [3.63, 3.8) is 0 Å². The number of anilines is 1. The molecule has 0 saturated heterocycles. The minimum Gasteiger partial charge on any atom is -0.454 e. The van der Waals surface area contributed by atoms with Crippen LogP contribution in [0.3, 0.4) is 0 Å². The van der Waals surface area contributed by atoms with E-state index < -0.39 is 5.91 Å². The van der Waals surface area contributed by atoms with Crippen LogP contribution in [-0.2, 0) is 0 Å². The van der Waals surface area contributed by atoms with Gasteiger partial charge < -0.3 is 16.2 Å². The number of amides is 1. The number of hydrogen-bond acceptors (Lipinski definition) is 3. The molecule has 6 heteroatoms. The Bertz CT molecular complexity index is 645. The molecule has 0 bridgehead atoms. The van der Waals surface area contributed by atoms with Crippen molar-refractivity contribution in [1.29, 1.82) is 0 Å². The molecule has 0 spiro atoms. The maximum atomic E-state index is 11.3. The van der Waals surface area contributed by atoms with Crippen LogP contribution in [0.5, 0.6) is 11.5 Å². The van der Waals surface area contributed by atoms with Crippen LogP contribution >= 0.6 is 23.2 Å². The zero-order valence-corrected chi connectivity index (χ0v) is 11.2. The van der Waals surface area contributed by atoms with Gasteiger partial charge >= 0.3 is 0 Å². The summed E-state index contributed by atoms with van der Waals surface area (Å²) in [6.45, 7) is 0. The van der Waals surface area contributed by atoms with Gasteiger partial charge in [0.1, 0.15) is 5.75 Å². The van der Waals surface area contributed by atoms with E-state index in [0.29, 0.717) is 27.2 Å². The number of primary amides is 1. The number of carbonyl (C=O) groups excluding carboxylic acids is 1. The van der Waals surface area contributed by atoms with Gasteiger partial charge in [-0.15, -0.1) is 0 Å². The fraction of sp³-hybridized carbons (Fsp3) is 0. The van der Waals surface area contributed by atoms with E-state index in [1.54, 1.807) is 24.3 Å². The fourth-order valence-electron chi connectivity index (χ4n) is 1.51. The van der Waals surface area contributed by atoms with Crippen LogP contribution in [0.15, 0.2) is 36.4 Å². The molecule has 0 radical (unpaired) electrons. The Labute approximate surface area is 119 Å². The molecule has 4 N–H and O–H groups in total. The molecular weight excluding hydrogens is 287 g/mol. The van der Waals surface area contributed by atoms with Crippen molar-refractivity contribution in [3.8, 4) is 11.5 Å². The fourth-order valence-corrected chi connectivity index (χ4v) is 1.84. The summed E-state index contributed by atoms with van der Waals surface area (Å²) in [6.07, 6.45) is 0. The van der Waals surface area contributed by atoms with Crippen molar-refractivity contribution in [2.45, 2.75) is 0 Å². The normalized spacial score (nSPS) is 10.2. The second-order valence-electron chi connectivity index (χ2n) is 3.77. The first-order valence-electron chi connectivity index (χ1n) is 5.30. The van der Waals surface area contributed by atoms with Crippen molar-refractivity contribution in [3.05, 3.63) is 52.0 Å². The zero-order valence-electron chi connectivity index (χ0n) is 9.69. The van der Waals surface area contributed by atoms with Crippen LogP contribution in [0.1, 0.15) is 10.4 Å². The summed E-state index contributed by atoms with van der Waals surface area (Å²) < 4.78 is 5.57. The molecule has 0 heterocycles. The van der Waals surface area contributed by atoms with Crippen LogP contribution in [-0.4, -0.2) is 5.91 Å². The van der Waals surface area contributed by atoms with E-state index in [4.69, 9.17) is 39.4 Å². The number of benzene rings is 2. The molecule has 0 aromatic heterocycles. The molecule has 4 nitrogen and oxygen atoms in total. The van der Waals surface area contributed by atoms with Gasteiger partial charge in [0.2, 0.25) is 0 Å². The number of para-hydroxylation sites is 1. The Morgan fingerprint density at radius 1 is 1.05 bits per heavy atom. The van der Waals surface area contributed by atoms with E-state index in [0.717, 1.165) is 0 Å². The number of nitrogens with two attached hydrogens (primary N) is 2. The maximum Gasteiger partial charge on any atom is 0.252 e. The number of nitrogen functional groups attached to an aromatic ring is 1. The first-order valence-corrected chi connectivity index (χ1v) is 6.06. The summed E-state index contributed by atoms with van der Waals surface area (Å²) in [6, 6.07) is 9.54. The SMILES string of the molecule is NC(=O)c1ccccc1Oc1cc(Cl)c(Cl)cc1N. The van der Waals surface area contributed by atoms with E-state index in [1.807, 2.05) is 0 Å². The minimum absolute atomic E-state index is 0.257. The van der Waals surface area contributed by atoms with E-state index >= 15 is 0 Å². The van der Waals surface area contributed by atoms with Crippen LogP contribution in [0.2, 0.25) is 10.0 Å². The van der Waals surface area contributed by atoms with E-state index in [9.17, 15) is 4.79 Å². The molecule has 0 aliphatic carbocycles. The predicted molar refractivity (Wildman–Crippen MR) is 75.9 cm³/mol. The lowest BCUT2D eigenvalue weighted by Crippen LogP contribution is -2.12. The average molecular weight is 297 g/mol. The lowest BCUT2D eigenvalue weighted by Gasteiger charge is -2.11. The molecule has 2 aromatic carbocycles. The highest BCUT2D eigenvalue weighted by Gasteiger charge is 2.12. The second kappa shape index (κ2) is 5.38. The predicted octanol–water partition coefficient (Wildman–Crippen LogP) is 3.47. The smallest absolute Gasteiger partial charge is 0.252 e. The van der Waals surface area contributed by atoms with E-state index in [1.165, 1.54) is 12.1 Å². The van der Waals surface area contributed by atoms with Crippen molar-refractivity contribution >= 4 is 34.8 Å². The van der Waals surface area contributed by atoms with Crippen LogP contribution in [0.25, 0.3) is 0 Å². The van der Waals surface area contributed by atoms with Gasteiger partial charge in [0.05, 0.1) is 21.3 Å². The van der Waals surface area contributed by atoms with Crippen LogP contribution < -0.4 is 16.2 Å². The van der Waals surface area contributed by atoms with Gasteiger partial charge in [-0.05, 0) is 18.2 Å². The van der Waals surface area contributed by atoms with Crippen molar-refractivity contribution < 1.29 is 9.53 Å². The molecule has 0 atom stereocenters. The quantitative estimate of drug-likeness (QED) is 0.851. The Hall–Kier alpha value is -1.91. The summed E-state index contributed by atoms with van der Waals surface area (Å²) >= 11 is 11.7. The molecule has 0 aliphatic rings. The lowest BCUT2D eigenvalue weighted by molar-refractivity contribution is 0.0998. The average Bonchev–Trinajstić information content (AvgIpc) is 2.36. The lowest BCUT2D eigenvalue weighted by atomic mass is 10.2. The summed E-state index contributed by atoms with van der Waals surface area (Å²) in [4.78, 5) is 11.3. The van der Waals surface area contributed by atoms with Gasteiger partial charge in [-0.2, -0.15) is 0 Å². The third-order valence-electron chi connectivity index (χ3n) is 2.43. The number of rotatable bonds is 3. The number of hydrogen-bond donors (Lipinski definition) is 2. The third-order valence-corrected chi connectivity index (χ3v) is 3.15.